The van der Waals surface area contributed by atoms with Gasteiger partial charge in [0.2, 0.25) is 5.91 Å². The van der Waals surface area contributed by atoms with E-state index in [1.54, 1.807) is 6.92 Å². The van der Waals surface area contributed by atoms with Crippen molar-refractivity contribution in [3.63, 3.8) is 0 Å². The standard InChI is InChI=1S/C12H22N2O2S/c1-8(15)5-3-4-6-11-12(13)10(7-17-11)14-9(2)16/h10-12H,3-7,13H2,1-2H3,(H,14,16)/t10-,11?,12-/m0/s1. The molecule has 1 unspecified atom stereocenters. The van der Waals surface area contributed by atoms with Crippen LogP contribution in [0.3, 0.4) is 0 Å². The SMILES string of the molecule is CC(=O)CCCCC1SC[C@H](NC(C)=O)[C@@H]1N. The summed E-state index contributed by atoms with van der Waals surface area (Å²) in [6, 6.07) is 0.150. The molecule has 0 aromatic heterocycles. The number of nitrogens with two attached hydrogens (primary N) is 1. The molecule has 0 aromatic carbocycles. The average molecular weight is 258 g/mol. The third kappa shape index (κ3) is 5.08. The van der Waals surface area contributed by atoms with E-state index in [0.717, 1.165) is 25.0 Å². The molecule has 0 bridgehead atoms. The van der Waals surface area contributed by atoms with E-state index >= 15 is 0 Å². The topological polar surface area (TPSA) is 72.2 Å². The van der Waals surface area contributed by atoms with Gasteiger partial charge in [0, 0.05) is 30.4 Å². The maximum Gasteiger partial charge on any atom is 0.217 e. The summed E-state index contributed by atoms with van der Waals surface area (Å²) in [5.41, 5.74) is 6.11. The molecule has 1 fully saturated rings. The minimum absolute atomic E-state index is 0.0109. The van der Waals surface area contributed by atoms with Crippen LogP contribution in [-0.4, -0.2) is 34.8 Å². The van der Waals surface area contributed by atoms with Crippen molar-refractivity contribution in [1.29, 1.82) is 0 Å². The fourth-order valence-electron chi connectivity index (χ4n) is 2.10. The van der Waals surface area contributed by atoms with Crippen molar-refractivity contribution in [1.82, 2.24) is 5.32 Å². The number of amides is 1. The molecule has 17 heavy (non-hydrogen) atoms. The van der Waals surface area contributed by atoms with Crippen LogP contribution in [0.4, 0.5) is 0 Å². The maximum absolute atomic E-state index is 11.0. The van der Waals surface area contributed by atoms with Crippen LogP contribution in [-0.2, 0) is 9.59 Å². The highest BCUT2D eigenvalue weighted by atomic mass is 32.2. The van der Waals surface area contributed by atoms with E-state index < -0.39 is 0 Å². The summed E-state index contributed by atoms with van der Waals surface area (Å²) < 4.78 is 0. The summed E-state index contributed by atoms with van der Waals surface area (Å²) in [5, 5.41) is 3.31. The molecule has 0 saturated carbocycles. The minimum atomic E-state index is -0.0109. The molecule has 0 radical (unpaired) electrons. The fourth-order valence-corrected chi connectivity index (χ4v) is 3.61. The molecule has 1 rings (SSSR count). The number of carbonyl (C=O) groups excluding carboxylic acids is 2. The largest absolute Gasteiger partial charge is 0.351 e. The predicted molar refractivity (Wildman–Crippen MR) is 71.0 cm³/mol. The predicted octanol–water partition coefficient (Wildman–Crippen LogP) is 1.08. The van der Waals surface area contributed by atoms with Gasteiger partial charge in [-0.25, -0.2) is 0 Å². The Morgan fingerprint density at radius 3 is 2.65 bits per heavy atom. The van der Waals surface area contributed by atoms with Crippen LogP contribution < -0.4 is 11.1 Å². The van der Waals surface area contributed by atoms with Gasteiger partial charge in [0.25, 0.3) is 0 Å². The first-order valence-electron chi connectivity index (χ1n) is 6.14. The number of Topliss-reactive ketones (excluding diaryl/α,β-unsaturated/α-hetero) is 1. The van der Waals surface area contributed by atoms with Gasteiger partial charge < -0.3 is 15.8 Å². The quantitative estimate of drug-likeness (QED) is 0.699. The van der Waals surface area contributed by atoms with Crippen molar-refractivity contribution in [3.05, 3.63) is 0 Å². The first-order chi connectivity index (χ1) is 8.00. The van der Waals surface area contributed by atoms with Crippen molar-refractivity contribution in [3.8, 4) is 0 Å². The van der Waals surface area contributed by atoms with Crippen LogP contribution in [0.2, 0.25) is 0 Å². The van der Waals surface area contributed by atoms with Crippen molar-refractivity contribution >= 4 is 23.5 Å². The Morgan fingerprint density at radius 2 is 2.06 bits per heavy atom. The number of carbonyl (C=O) groups is 2. The fraction of sp³-hybridized carbons (Fsp3) is 0.833. The van der Waals surface area contributed by atoms with Gasteiger partial charge in [-0.05, 0) is 19.8 Å². The Hall–Kier alpha value is -0.550. The zero-order valence-corrected chi connectivity index (χ0v) is 11.4. The number of nitrogens with one attached hydrogen (secondary N) is 1. The molecule has 1 aliphatic heterocycles. The van der Waals surface area contributed by atoms with E-state index in [-0.39, 0.29) is 23.8 Å². The number of hydrogen-bond donors (Lipinski definition) is 2. The van der Waals surface area contributed by atoms with Gasteiger partial charge >= 0.3 is 0 Å². The Labute approximate surface area is 107 Å². The summed E-state index contributed by atoms with van der Waals surface area (Å²) in [4.78, 5) is 21.8. The van der Waals surface area contributed by atoms with Crippen LogP contribution >= 0.6 is 11.8 Å². The number of thioether (sulfide) groups is 1. The van der Waals surface area contributed by atoms with Crippen LogP contribution in [0.15, 0.2) is 0 Å². The Bertz CT molecular complexity index is 284. The number of ketones is 1. The Balaban J connectivity index is 2.22. The lowest BCUT2D eigenvalue weighted by Gasteiger charge is -2.19. The molecule has 5 heteroatoms. The van der Waals surface area contributed by atoms with Crippen LogP contribution in [0.5, 0.6) is 0 Å². The van der Waals surface area contributed by atoms with Gasteiger partial charge in [-0.2, -0.15) is 11.8 Å². The highest BCUT2D eigenvalue weighted by Gasteiger charge is 2.33. The molecule has 98 valence electrons. The van der Waals surface area contributed by atoms with Crippen molar-refractivity contribution < 1.29 is 9.59 Å². The molecule has 1 heterocycles. The van der Waals surface area contributed by atoms with Crippen LogP contribution in [0.25, 0.3) is 0 Å². The lowest BCUT2D eigenvalue weighted by atomic mass is 10.0. The van der Waals surface area contributed by atoms with E-state index in [0.29, 0.717) is 11.7 Å². The Morgan fingerprint density at radius 1 is 1.35 bits per heavy atom. The summed E-state index contributed by atoms with van der Waals surface area (Å²) >= 11 is 1.83. The lowest BCUT2D eigenvalue weighted by Crippen LogP contribution is -2.48. The summed E-state index contributed by atoms with van der Waals surface area (Å²) in [6.45, 7) is 3.15. The monoisotopic (exact) mass is 258 g/mol. The normalized spacial score (nSPS) is 28.1. The molecule has 0 aromatic rings. The molecule has 4 nitrogen and oxygen atoms in total. The molecular weight excluding hydrogens is 236 g/mol. The molecule has 3 atom stereocenters. The van der Waals surface area contributed by atoms with Crippen molar-refractivity contribution in [2.45, 2.75) is 56.9 Å². The lowest BCUT2D eigenvalue weighted by molar-refractivity contribution is -0.119. The van der Waals surface area contributed by atoms with Crippen molar-refractivity contribution in [2.75, 3.05) is 5.75 Å². The molecule has 1 amide bonds. The first kappa shape index (κ1) is 14.5. The van der Waals surface area contributed by atoms with E-state index in [4.69, 9.17) is 5.73 Å². The zero-order chi connectivity index (χ0) is 12.8. The van der Waals surface area contributed by atoms with Crippen LogP contribution in [0, 0.1) is 0 Å². The third-order valence-electron chi connectivity index (χ3n) is 3.04. The second-order valence-electron chi connectivity index (χ2n) is 4.70. The van der Waals surface area contributed by atoms with Gasteiger partial charge in [-0.1, -0.05) is 6.42 Å². The van der Waals surface area contributed by atoms with Gasteiger partial charge in [0.15, 0.2) is 0 Å². The second-order valence-corrected chi connectivity index (χ2v) is 5.98. The second kappa shape index (κ2) is 7.01. The third-order valence-corrected chi connectivity index (χ3v) is 4.57. The first-order valence-corrected chi connectivity index (χ1v) is 7.19. The summed E-state index contributed by atoms with van der Waals surface area (Å²) in [5.74, 6) is 1.14. The van der Waals surface area contributed by atoms with Gasteiger partial charge in [-0.3, -0.25) is 4.79 Å². The summed E-state index contributed by atoms with van der Waals surface area (Å²) in [6.07, 6.45) is 3.69. The van der Waals surface area contributed by atoms with Crippen molar-refractivity contribution in [2.24, 2.45) is 5.73 Å². The summed E-state index contributed by atoms with van der Waals surface area (Å²) in [7, 11) is 0. The highest BCUT2D eigenvalue weighted by Crippen LogP contribution is 2.30. The molecule has 0 aliphatic carbocycles. The number of rotatable bonds is 6. The van der Waals surface area contributed by atoms with Gasteiger partial charge in [0.05, 0.1) is 6.04 Å². The number of hydrogen-bond acceptors (Lipinski definition) is 4. The molecular formula is C12H22N2O2S. The maximum atomic E-state index is 11.0. The zero-order valence-electron chi connectivity index (χ0n) is 10.6. The van der Waals surface area contributed by atoms with E-state index in [1.165, 1.54) is 6.92 Å². The smallest absolute Gasteiger partial charge is 0.217 e. The minimum Gasteiger partial charge on any atom is -0.351 e. The van der Waals surface area contributed by atoms with Gasteiger partial charge in [0.1, 0.15) is 5.78 Å². The van der Waals surface area contributed by atoms with E-state index in [1.807, 2.05) is 11.8 Å². The molecule has 3 N–H and O–H groups in total. The highest BCUT2D eigenvalue weighted by molar-refractivity contribution is 8.00. The number of unbranched alkanes of at least 4 members (excludes halogenated alkanes) is 1. The molecule has 1 saturated heterocycles. The Kier molecular flexibility index (Phi) is 5.98. The van der Waals surface area contributed by atoms with E-state index in [2.05, 4.69) is 5.32 Å². The molecule has 0 spiro atoms. The van der Waals surface area contributed by atoms with Crippen LogP contribution in [0.1, 0.15) is 39.5 Å². The van der Waals surface area contributed by atoms with Gasteiger partial charge in [-0.15, -0.1) is 0 Å². The molecule has 1 aliphatic rings. The average Bonchev–Trinajstić information content (AvgIpc) is 2.55. The van der Waals surface area contributed by atoms with E-state index in [9.17, 15) is 9.59 Å².